The zero-order valence-corrected chi connectivity index (χ0v) is 39.2. The molecule has 68 heavy (non-hydrogen) atoms. The van der Waals surface area contributed by atoms with Gasteiger partial charge in [0.25, 0.3) is 5.91 Å². The average Bonchev–Trinajstić information content (AvgIpc) is 3.69. The number of aromatic amines is 1. The maximum atomic E-state index is 16.3. The van der Waals surface area contributed by atoms with Gasteiger partial charge in [0, 0.05) is 54.5 Å². The SMILES string of the molecule is Cc1cc(-n2nc3c(c2-n2ccn(-c4ccc5c(cnn5C)c4F)c2=O)[C@H](C)N(C(=O)c2cc4cc([C@H]5CCOC(C)(C)C5)ccc4n2[C@@]2(c4noc(=O)[nH]4)C[C@@H]2C)CC32C[C@H]2C)cc(C)c1F. The van der Waals surface area contributed by atoms with Gasteiger partial charge in [-0.2, -0.15) is 10.2 Å². The predicted octanol–water partition coefficient (Wildman–Crippen LogP) is 8.18. The Bertz CT molecular complexity index is 3540. The number of carbonyl (C=O) groups is 1. The summed E-state index contributed by atoms with van der Waals surface area (Å²) < 4.78 is 50.8. The van der Waals surface area contributed by atoms with E-state index in [4.69, 9.17) is 14.4 Å². The number of ether oxygens (including phenoxy) is 1. The fraction of sp³-hybridized carbons (Fsp3) is 0.412. The smallest absolute Gasteiger partial charge is 0.376 e. The summed E-state index contributed by atoms with van der Waals surface area (Å²) in [7, 11) is 1.73. The molecular formula is C51H52F2N10O5. The number of aromatic nitrogens is 9. The van der Waals surface area contributed by atoms with Crippen LogP contribution in [0.5, 0.6) is 0 Å². The number of nitrogens with one attached hydrogen (secondary N) is 1. The van der Waals surface area contributed by atoms with Crippen LogP contribution >= 0.6 is 0 Å². The van der Waals surface area contributed by atoms with Crippen LogP contribution in [0.15, 0.2) is 81.2 Å². The highest BCUT2D eigenvalue weighted by Gasteiger charge is 2.62. The highest BCUT2D eigenvalue weighted by Crippen LogP contribution is 2.61. The molecule has 1 N–H and O–H groups in total. The molecule has 8 aromatic rings. The zero-order chi connectivity index (χ0) is 47.5. The Morgan fingerprint density at radius 1 is 0.897 bits per heavy atom. The van der Waals surface area contributed by atoms with Gasteiger partial charge < -0.3 is 14.2 Å². The van der Waals surface area contributed by atoms with Crippen molar-refractivity contribution in [2.75, 3.05) is 13.2 Å². The number of rotatable bonds is 7. The standard InChI is InChI=1S/C51H52F2N10O5/c1-26-17-34(18-27(2)41(26)52)63-44(60-15-14-59(48(60)66)38-12-11-37-35(42(38)53)24-54-58(37)8)40-30(5)61(25-50(21-28(50)3)43(40)56-63)45(64)39-20-33-19-31(32-13-16-67-49(6,7)23-32)9-10-36(33)62(39)51(22-29(51)4)46-55-47(65)68-57-46/h9-12,14-15,17-20,24,28-30,32H,13,16,21-23,25H2,1-8H3,(H,55,57,65)/t28-,29+,30+,32+,50?,51+/m1/s1. The molecule has 1 spiro atoms. The Kier molecular flexibility index (Phi) is 8.95. The minimum Gasteiger partial charge on any atom is -0.376 e. The van der Waals surface area contributed by atoms with Crippen molar-refractivity contribution in [2.24, 2.45) is 18.9 Å². The maximum Gasteiger partial charge on any atom is 0.438 e. The number of benzene rings is 3. The third-order valence-corrected chi connectivity index (χ3v) is 15.9. The number of hydrogen-bond acceptors (Lipinski definition) is 8. The molecule has 0 radical (unpaired) electrons. The minimum absolute atomic E-state index is 0.00591. The highest BCUT2D eigenvalue weighted by atomic mass is 19.1. The summed E-state index contributed by atoms with van der Waals surface area (Å²) >= 11 is 0. The topological polar surface area (TPSA) is 156 Å². The maximum absolute atomic E-state index is 16.3. The van der Waals surface area contributed by atoms with Gasteiger partial charge in [0.15, 0.2) is 11.6 Å². The highest BCUT2D eigenvalue weighted by molar-refractivity contribution is 6.00. The Morgan fingerprint density at radius 3 is 2.29 bits per heavy atom. The van der Waals surface area contributed by atoms with Crippen LogP contribution in [0.25, 0.3) is 39.0 Å². The molecule has 2 aliphatic heterocycles. The first-order chi connectivity index (χ1) is 32.4. The summed E-state index contributed by atoms with van der Waals surface area (Å²) in [6, 6.07) is 14.4. The van der Waals surface area contributed by atoms with Gasteiger partial charge in [0.2, 0.25) is 0 Å². The lowest BCUT2D eigenvalue weighted by atomic mass is 9.83. The molecule has 17 heteroatoms. The molecule has 3 aromatic carbocycles. The Balaban J connectivity index is 1.04. The first-order valence-electron chi connectivity index (χ1n) is 23.4. The van der Waals surface area contributed by atoms with E-state index in [1.807, 2.05) is 17.9 Å². The van der Waals surface area contributed by atoms with Crippen LogP contribution in [0, 0.1) is 37.3 Å². The first kappa shape index (κ1) is 42.5. The van der Waals surface area contributed by atoms with Gasteiger partial charge >= 0.3 is 11.4 Å². The van der Waals surface area contributed by atoms with Crippen molar-refractivity contribution in [3.05, 3.63) is 139 Å². The van der Waals surface area contributed by atoms with Crippen molar-refractivity contribution in [3.8, 4) is 17.2 Å². The second-order valence-corrected chi connectivity index (χ2v) is 20.6. The molecular weight excluding hydrogens is 871 g/mol. The van der Waals surface area contributed by atoms with E-state index >= 15 is 13.6 Å². The quantitative estimate of drug-likeness (QED) is 0.168. The molecule has 7 heterocycles. The number of halogens is 2. The molecule has 5 aromatic heterocycles. The molecule has 1 saturated heterocycles. The van der Waals surface area contributed by atoms with Gasteiger partial charge in [0.05, 0.1) is 45.8 Å². The number of carbonyl (C=O) groups excluding carboxylic acids is 1. The van der Waals surface area contributed by atoms with Crippen molar-refractivity contribution in [1.29, 1.82) is 0 Å². The van der Waals surface area contributed by atoms with Crippen LogP contribution < -0.4 is 11.4 Å². The van der Waals surface area contributed by atoms with Gasteiger partial charge in [0.1, 0.15) is 22.9 Å². The van der Waals surface area contributed by atoms with Crippen molar-refractivity contribution in [3.63, 3.8) is 0 Å². The first-order valence-corrected chi connectivity index (χ1v) is 23.4. The lowest BCUT2D eigenvalue weighted by Crippen LogP contribution is -2.46. The van der Waals surface area contributed by atoms with Crippen LogP contribution in [-0.4, -0.2) is 73.0 Å². The normalized spacial score (nSPS) is 25.2. The van der Waals surface area contributed by atoms with Crippen molar-refractivity contribution >= 4 is 27.7 Å². The van der Waals surface area contributed by atoms with Crippen LogP contribution in [0.4, 0.5) is 8.78 Å². The summed E-state index contributed by atoms with van der Waals surface area (Å²) in [6.45, 7) is 14.8. The van der Waals surface area contributed by atoms with E-state index in [-0.39, 0.29) is 46.2 Å². The Labute approximate surface area is 388 Å². The lowest BCUT2D eigenvalue weighted by molar-refractivity contribution is -0.0592. The number of amides is 1. The number of imidazole rings is 1. The van der Waals surface area contributed by atoms with Gasteiger partial charge in [-0.3, -0.25) is 28.1 Å². The second kappa shape index (κ2) is 14.3. The van der Waals surface area contributed by atoms with Crippen molar-refractivity contribution in [1.82, 2.24) is 48.3 Å². The molecule has 2 saturated carbocycles. The van der Waals surface area contributed by atoms with E-state index in [2.05, 4.69) is 65.7 Å². The summed E-state index contributed by atoms with van der Waals surface area (Å²) in [5.74, 6) is -0.741. The van der Waals surface area contributed by atoms with Crippen LogP contribution in [0.3, 0.4) is 0 Å². The molecule has 350 valence electrons. The fourth-order valence-electron chi connectivity index (χ4n) is 12.0. The molecule has 4 aliphatic rings. The van der Waals surface area contributed by atoms with E-state index < -0.39 is 34.3 Å². The molecule has 0 bridgehead atoms. The molecule has 3 fully saturated rings. The van der Waals surface area contributed by atoms with E-state index in [1.54, 1.807) is 60.7 Å². The second-order valence-electron chi connectivity index (χ2n) is 20.6. The van der Waals surface area contributed by atoms with E-state index in [0.29, 0.717) is 64.8 Å². The van der Waals surface area contributed by atoms with Gasteiger partial charge in [-0.25, -0.2) is 23.1 Å². The molecule has 15 nitrogen and oxygen atoms in total. The monoisotopic (exact) mass is 922 g/mol. The molecule has 6 atom stereocenters. The average molecular weight is 923 g/mol. The van der Waals surface area contributed by atoms with Gasteiger partial charge in [-0.1, -0.05) is 25.1 Å². The molecule has 1 unspecified atom stereocenters. The van der Waals surface area contributed by atoms with Crippen molar-refractivity contribution < 1.29 is 22.8 Å². The largest absolute Gasteiger partial charge is 0.438 e. The summed E-state index contributed by atoms with van der Waals surface area (Å²) in [4.78, 5) is 48.1. The number of fused-ring (bicyclic) bond motifs is 4. The number of hydrogen-bond donors (Lipinski definition) is 1. The zero-order valence-electron chi connectivity index (χ0n) is 39.2. The van der Waals surface area contributed by atoms with Gasteiger partial charge in [-0.05, 0) is 137 Å². The molecule has 1 amide bonds. The Morgan fingerprint density at radius 2 is 1.62 bits per heavy atom. The summed E-state index contributed by atoms with van der Waals surface area (Å²) in [6.07, 6.45) is 7.63. The third-order valence-electron chi connectivity index (χ3n) is 15.9. The van der Waals surface area contributed by atoms with Crippen LogP contribution in [0.2, 0.25) is 0 Å². The molecule has 2 aliphatic carbocycles. The predicted molar refractivity (Wildman–Crippen MR) is 249 cm³/mol. The third kappa shape index (κ3) is 5.96. The minimum atomic E-state index is -0.867. The van der Waals surface area contributed by atoms with Gasteiger partial charge in [-0.15, -0.1) is 0 Å². The number of H-pyrrole nitrogens is 1. The fourth-order valence-corrected chi connectivity index (χ4v) is 12.0. The van der Waals surface area contributed by atoms with Crippen LogP contribution in [0.1, 0.15) is 117 Å². The number of aryl methyl sites for hydroxylation is 3. The van der Waals surface area contributed by atoms with E-state index in [1.165, 1.54) is 27.1 Å². The molecule has 12 rings (SSSR count). The summed E-state index contributed by atoms with van der Waals surface area (Å²) in [5, 5.41) is 14.9. The Hall–Kier alpha value is -6.88. The number of nitrogens with zero attached hydrogens (tertiary/aromatic N) is 9. The van der Waals surface area contributed by atoms with Crippen LogP contribution in [-0.2, 0) is 22.7 Å². The summed E-state index contributed by atoms with van der Waals surface area (Å²) in [5.41, 5.74) is 3.56. The van der Waals surface area contributed by atoms with E-state index in [0.717, 1.165) is 35.9 Å². The van der Waals surface area contributed by atoms with Crippen molar-refractivity contribution in [2.45, 2.75) is 103 Å². The van der Waals surface area contributed by atoms with E-state index in [9.17, 15) is 9.59 Å². The lowest BCUT2D eigenvalue weighted by Gasteiger charge is -2.39.